The molecule has 0 aromatic rings. The topological polar surface area (TPSA) is 143 Å². The number of unbranched alkanes of at least 4 members (excludes halogenated alkanes) is 7. The Labute approximate surface area is 433 Å². The molecule has 0 aliphatic rings. The second kappa shape index (κ2) is 28.8. The van der Waals surface area contributed by atoms with E-state index in [1.54, 1.807) is 41.5 Å². The lowest BCUT2D eigenvalue weighted by Gasteiger charge is -2.42. The third kappa shape index (κ3) is 20.4. The molecular weight excluding hydrogens is 1070 g/mol. The molecular formula is C48H77F17N5O6+. The van der Waals surface area contributed by atoms with Gasteiger partial charge >= 0.3 is 53.6 Å². The van der Waals surface area contributed by atoms with Gasteiger partial charge in [0.1, 0.15) is 24.2 Å². The molecule has 4 N–H and O–H groups in total. The van der Waals surface area contributed by atoms with Crippen LogP contribution in [0.4, 0.5) is 74.6 Å². The number of esters is 1. The van der Waals surface area contributed by atoms with Crippen LogP contribution in [0, 0.1) is 23.7 Å². The van der Waals surface area contributed by atoms with Crippen LogP contribution in [0.2, 0.25) is 0 Å². The Morgan fingerprint density at radius 2 is 0.711 bits per heavy atom. The quantitative estimate of drug-likeness (QED) is 0.0213. The van der Waals surface area contributed by atoms with Crippen LogP contribution < -0.4 is 21.3 Å². The second-order valence-corrected chi connectivity index (χ2v) is 22.0. The molecule has 448 valence electrons. The van der Waals surface area contributed by atoms with E-state index >= 15 is 0 Å². The zero-order valence-corrected chi connectivity index (χ0v) is 44.8. The van der Waals surface area contributed by atoms with E-state index in [0.29, 0.717) is 6.42 Å². The molecule has 0 heterocycles. The standard InChI is InChI=1S/C48H76F17N5O6/c1-28(2)24-32(66-36(71)20-18-16-14-12-13-15-17-19-22-70(9,10)11)37(72)67-33(25-29(3)4)38(73)68-34(26-30(5)6)39(74)69-35(27-31(7)8)40(75)76-23-21-41(49,50)42(51,52)43(53,54)44(55,56)45(57,58)46(59,60)47(61,62)48(63,64)65/h28-35H,12-27H2,1-11H3,(H3-,66,67,68,69,71,72,73,74)/p+1/t32-,33-,34-,35-/m0/s1. The summed E-state index contributed by atoms with van der Waals surface area (Å²) in [4.78, 5) is 67.4. The maximum Gasteiger partial charge on any atom is 0.460 e. The van der Waals surface area contributed by atoms with Crippen molar-refractivity contribution in [2.75, 3.05) is 34.3 Å². The number of ether oxygens (including phenoxy) is 1. The normalized spacial score (nSPS) is 15.4. The molecule has 0 aliphatic carbocycles. The summed E-state index contributed by atoms with van der Waals surface area (Å²) >= 11 is 0. The Morgan fingerprint density at radius 1 is 0.408 bits per heavy atom. The van der Waals surface area contributed by atoms with Crippen LogP contribution in [-0.4, -0.2) is 140 Å². The number of halogens is 17. The highest BCUT2D eigenvalue weighted by atomic mass is 19.4. The number of quaternary nitrogens is 1. The fraction of sp³-hybridized carbons (Fsp3) is 0.896. The molecule has 0 bridgehead atoms. The van der Waals surface area contributed by atoms with Crippen molar-refractivity contribution >= 4 is 29.6 Å². The van der Waals surface area contributed by atoms with Crippen LogP contribution in [0.25, 0.3) is 0 Å². The Morgan fingerprint density at radius 3 is 1.07 bits per heavy atom. The third-order valence-corrected chi connectivity index (χ3v) is 11.8. The zero-order valence-electron chi connectivity index (χ0n) is 44.8. The number of hydrogen-bond donors (Lipinski definition) is 4. The first-order valence-electron chi connectivity index (χ1n) is 25.0. The SMILES string of the molecule is CC(C)C[C@H](NC(=O)CCCCCCCCCC[N+](C)(C)C)C(=O)N[C@@H](CC(C)C)C(=O)N[C@@H](CC(C)C)C(=O)N[C@@H](CC(C)C)C(=O)OCCC(F)(F)C(F)(F)C(F)(F)C(F)(F)C(F)(F)C(F)(F)C(F)(F)C(F)(F)F. The van der Waals surface area contributed by atoms with Gasteiger partial charge in [0.15, 0.2) is 0 Å². The van der Waals surface area contributed by atoms with E-state index in [-0.39, 0.29) is 43.4 Å². The van der Waals surface area contributed by atoms with E-state index in [2.05, 4.69) is 47.1 Å². The average molecular weight is 1140 g/mol. The van der Waals surface area contributed by atoms with Gasteiger partial charge in [-0.25, -0.2) is 4.79 Å². The van der Waals surface area contributed by atoms with Crippen molar-refractivity contribution < 1.29 is 108 Å². The predicted octanol–water partition coefficient (Wildman–Crippen LogP) is 11.3. The van der Waals surface area contributed by atoms with Gasteiger partial charge in [0.2, 0.25) is 23.6 Å². The highest BCUT2D eigenvalue weighted by Crippen LogP contribution is 2.64. The first-order chi connectivity index (χ1) is 34.1. The molecule has 0 rings (SSSR count). The zero-order chi connectivity index (χ0) is 59.9. The van der Waals surface area contributed by atoms with E-state index in [0.717, 1.165) is 56.0 Å². The van der Waals surface area contributed by atoms with Crippen molar-refractivity contribution in [3.05, 3.63) is 0 Å². The van der Waals surface area contributed by atoms with E-state index < -0.39 is 127 Å². The lowest BCUT2D eigenvalue weighted by Crippen LogP contribution is -2.74. The molecule has 0 aromatic carbocycles. The van der Waals surface area contributed by atoms with E-state index in [1.165, 1.54) is 13.8 Å². The molecule has 0 spiro atoms. The van der Waals surface area contributed by atoms with Crippen molar-refractivity contribution in [3.8, 4) is 0 Å². The molecule has 11 nitrogen and oxygen atoms in total. The lowest BCUT2D eigenvalue weighted by atomic mass is 9.88. The third-order valence-electron chi connectivity index (χ3n) is 11.8. The summed E-state index contributed by atoms with van der Waals surface area (Å²) in [6, 6.07) is -5.93. The highest BCUT2D eigenvalue weighted by molar-refractivity contribution is 5.95. The Balaban J connectivity index is 6.18. The number of nitrogens with zero attached hydrogens (tertiary/aromatic N) is 1. The Bertz CT molecular complexity index is 1840. The first-order valence-corrected chi connectivity index (χ1v) is 25.0. The van der Waals surface area contributed by atoms with E-state index in [1.807, 2.05) is 0 Å². The number of carbonyl (C=O) groups excluding carboxylic acids is 5. The molecule has 76 heavy (non-hydrogen) atoms. The van der Waals surface area contributed by atoms with Gasteiger partial charge < -0.3 is 30.5 Å². The summed E-state index contributed by atoms with van der Waals surface area (Å²) in [6.45, 7) is 11.9. The summed E-state index contributed by atoms with van der Waals surface area (Å²) in [5.41, 5.74) is 0. The van der Waals surface area contributed by atoms with Gasteiger partial charge in [0, 0.05) is 6.42 Å². The molecule has 4 amide bonds. The molecule has 0 aliphatic heterocycles. The smallest absolute Gasteiger partial charge is 0.460 e. The molecule has 28 heteroatoms. The Hall–Kier alpha value is -3.88. The second-order valence-electron chi connectivity index (χ2n) is 22.0. The first kappa shape index (κ1) is 72.1. The summed E-state index contributed by atoms with van der Waals surface area (Å²) in [6.07, 6.45) is -3.49. The van der Waals surface area contributed by atoms with E-state index in [4.69, 9.17) is 0 Å². The molecule has 0 radical (unpaired) electrons. The number of alkyl halides is 17. The largest absolute Gasteiger partial charge is 0.464 e. The van der Waals surface area contributed by atoms with Crippen LogP contribution in [0.3, 0.4) is 0 Å². The summed E-state index contributed by atoms with van der Waals surface area (Å²) in [7, 11) is 6.43. The van der Waals surface area contributed by atoms with Gasteiger partial charge in [-0.2, -0.15) is 74.6 Å². The minimum absolute atomic E-state index is 0.00972. The number of hydrogen-bond acceptors (Lipinski definition) is 6. The molecule has 4 atom stereocenters. The van der Waals surface area contributed by atoms with Crippen molar-refractivity contribution in [3.63, 3.8) is 0 Å². The fourth-order valence-electron chi connectivity index (χ4n) is 7.54. The molecule has 0 unspecified atom stereocenters. The van der Waals surface area contributed by atoms with Crippen LogP contribution in [-0.2, 0) is 28.7 Å². The minimum Gasteiger partial charge on any atom is -0.464 e. The fourth-order valence-corrected chi connectivity index (χ4v) is 7.54. The van der Waals surface area contributed by atoms with Crippen molar-refractivity contribution in [2.24, 2.45) is 23.7 Å². The minimum atomic E-state index is -8.80. The van der Waals surface area contributed by atoms with Gasteiger partial charge in [0.25, 0.3) is 0 Å². The van der Waals surface area contributed by atoms with Gasteiger partial charge in [-0.15, -0.1) is 0 Å². The maximum atomic E-state index is 14.6. The monoisotopic (exact) mass is 1140 g/mol. The van der Waals surface area contributed by atoms with Crippen molar-refractivity contribution in [2.45, 2.75) is 217 Å². The van der Waals surface area contributed by atoms with E-state index in [9.17, 15) is 98.6 Å². The molecule has 0 fully saturated rings. The van der Waals surface area contributed by atoms with Crippen LogP contribution in [0.1, 0.15) is 145 Å². The Kier molecular flexibility index (Phi) is 27.4. The number of nitrogens with one attached hydrogen (secondary N) is 4. The van der Waals surface area contributed by atoms with Gasteiger partial charge in [-0.05, 0) is 68.6 Å². The summed E-state index contributed by atoms with van der Waals surface area (Å²) < 4.78 is 239. The summed E-state index contributed by atoms with van der Waals surface area (Å²) in [5, 5.41) is 9.97. The van der Waals surface area contributed by atoms with Crippen LogP contribution >= 0.6 is 0 Å². The number of amides is 4. The maximum absolute atomic E-state index is 14.6. The van der Waals surface area contributed by atoms with Crippen molar-refractivity contribution in [1.29, 1.82) is 0 Å². The summed E-state index contributed by atoms with van der Waals surface area (Å²) in [5.74, 6) is -64.3. The predicted molar refractivity (Wildman–Crippen MR) is 246 cm³/mol. The average Bonchev–Trinajstić information content (AvgIpc) is 3.23. The van der Waals surface area contributed by atoms with Crippen LogP contribution in [0.5, 0.6) is 0 Å². The molecule has 0 saturated carbocycles. The van der Waals surface area contributed by atoms with Crippen LogP contribution in [0.15, 0.2) is 0 Å². The highest BCUT2D eigenvalue weighted by Gasteiger charge is 2.95. The van der Waals surface area contributed by atoms with Gasteiger partial charge in [0.05, 0.1) is 40.7 Å². The number of carbonyl (C=O) groups is 5. The number of rotatable bonds is 36. The molecule has 0 saturated heterocycles. The lowest BCUT2D eigenvalue weighted by molar-refractivity contribution is -0.870. The molecule has 0 aromatic heterocycles. The van der Waals surface area contributed by atoms with Gasteiger partial charge in [-0.3, -0.25) is 19.2 Å². The van der Waals surface area contributed by atoms with Gasteiger partial charge in [-0.1, -0.05) is 87.5 Å². The van der Waals surface area contributed by atoms with Crippen molar-refractivity contribution in [1.82, 2.24) is 21.3 Å².